The maximum Gasteiger partial charge on any atom is 0.389 e. The minimum atomic E-state index is -4.40. The van der Waals surface area contributed by atoms with Gasteiger partial charge in [-0.15, -0.1) is 11.3 Å². The lowest BCUT2D eigenvalue weighted by atomic mass is 10.1. The van der Waals surface area contributed by atoms with Gasteiger partial charge in [-0.2, -0.15) is 13.2 Å². The van der Waals surface area contributed by atoms with E-state index in [9.17, 15) is 22.8 Å². The minimum Gasteiger partial charge on any atom is -0.477 e. The molecule has 1 heterocycles. The molecule has 0 aromatic carbocycles. The zero-order chi connectivity index (χ0) is 13.2. The molecule has 94 valence electrons. The lowest BCUT2D eigenvalue weighted by Crippen LogP contribution is -2.09. The molecule has 0 saturated carbocycles. The van der Waals surface area contributed by atoms with Gasteiger partial charge in [0, 0.05) is 6.42 Å². The number of alkyl halides is 3. The molecular formula is C9H7F3O4S. The van der Waals surface area contributed by atoms with Gasteiger partial charge < -0.3 is 10.2 Å². The Kier molecular flexibility index (Phi) is 3.76. The smallest absolute Gasteiger partial charge is 0.389 e. The molecule has 0 aliphatic rings. The third kappa shape index (κ3) is 3.74. The second-order valence-corrected chi connectivity index (χ2v) is 4.24. The number of aryl methyl sites for hydroxylation is 1. The summed E-state index contributed by atoms with van der Waals surface area (Å²) >= 11 is 0.460. The van der Waals surface area contributed by atoms with E-state index < -0.39 is 31.0 Å². The van der Waals surface area contributed by atoms with Crippen molar-refractivity contribution in [2.24, 2.45) is 0 Å². The van der Waals surface area contributed by atoms with Crippen LogP contribution in [0, 0.1) is 0 Å². The molecule has 0 spiro atoms. The fourth-order valence-corrected chi connectivity index (χ4v) is 2.07. The van der Waals surface area contributed by atoms with Gasteiger partial charge >= 0.3 is 18.1 Å². The van der Waals surface area contributed by atoms with E-state index in [1.54, 1.807) is 0 Å². The van der Waals surface area contributed by atoms with E-state index in [-0.39, 0.29) is 15.3 Å². The summed E-state index contributed by atoms with van der Waals surface area (Å²) < 4.78 is 35.9. The highest BCUT2D eigenvalue weighted by molar-refractivity contribution is 7.15. The summed E-state index contributed by atoms with van der Waals surface area (Å²) in [5.41, 5.74) is -0.0998. The van der Waals surface area contributed by atoms with Gasteiger partial charge in [-0.25, -0.2) is 9.59 Å². The van der Waals surface area contributed by atoms with Crippen molar-refractivity contribution in [1.82, 2.24) is 0 Å². The largest absolute Gasteiger partial charge is 0.477 e. The van der Waals surface area contributed by atoms with Crippen LogP contribution in [0.5, 0.6) is 0 Å². The van der Waals surface area contributed by atoms with Crippen LogP contribution >= 0.6 is 11.3 Å². The van der Waals surface area contributed by atoms with E-state index in [0.717, 1.165) is 6.07 Å². The van der Waals surface area contributed by atoms with Crippen LogP contribution in [0.3, 0.4) is 0 Å². The van der Waals surface area contributed by atoms with Crippen LogP contribution in [-0.2, 0) is 6.42 Å². The van der Waals surface area contributed by atoms with Crippen LogP contribution in [0.2, 0.25) is 0 Å². The van der Waals surface area contributed by atoms with Crippen molar-refractivity contribution >= 4 is 23.3 Å². The van der Waals surface area contributed by atoms with Crippen LogP contribution in [0.4, 0.5) is 13.2 Å². The molecule has 0 unspecified atom stereocenters. The third-order valence-electron chi connectivity index (χ3n) is 1.89. The molecular weight excluding hydrogens is 261 g/mol. The number of rotatable bonds is 4. The molecule has 8 heteroatoms. The first-order chi connectivity index (χ1) is 7.70. The Labute approximate surface area is 97.3 Å². The molecule has 0 fully saturated rings. The summed E-state index contributed by atoms with van der Waals surface area (Å²) in [5, 5.41) is 17.4. The normalized spacial score (nSPS) is 11.5. The molecule has 0 radical (unpaired) electrons. The van der Waals surface area contributed by atoms with Crippen molar-refractivity contribution in [1.29, 1.82) is 0 Å². The molecule has 0 amide bonds. The summed E-state index contributed by atoms with van der Waals surface area (Å²) in [5.74, 6) is -2.77. The predicted octanol–water partition coefficient (Wildman–Crippen LogP) is 2.64. The van der Waals surface area contributed by atoms with E-state index in [1.165, 1.54) is 0 Å². The first kappa shape index (κ1) is 13.5. The Balaban J connectivity index is 2.97. The zero-order valence-electron chi connectivity index (χ0n) is 8.24. The second kappa shape index (κ2) is 4.74. The Morgan fingerprint density at radius 3 is 2.24 bits per heavy atom. The molecule has 1 rings (SSSR count). The summed E-state index contributed by atoms with van der Waals surface area (Å²) in [6.07, 6.45) is -6.11. The maximum absolute atomic E-state index is 12.0. The molecule has 0 aliphatic carbocycles. The zero-order valence-corrected chi connectivity index (χ0v) is 9.06. The lowest BCUT2D eigenvalue weighted by molar-refractivity contribution is -0.134. The summed E-state index contributed by atoms with van der Waals surface area (Å²) in [4.78, 5) is 20.7. The van der Waals surface area contributed by atoms with E-state index >= 15 is 0 Å². The lowest BCUT2D eigenvalue weighted by Gasteiger charge is -2.04. The van der Waals surface area contributed by atoms with Crippen LogP contribution in [-0.4, -0.2) is 28.3 Å². The molecule has 1 aromatic rings. The molecule has 4 nitrogen and oxygen atoms in total. The van der Waals surface area contributed by atoms with Gasteiger partial charge in [-0.1, -0.05) is 0 Å². The van der Waals surface area contributed by atoms with Gasteiger partial charge in [-0.05, 0) is 18.1 Å². The minimum absolute atomic E-state index is 0.0998. The average molecular weight is 268 g/mol. The maximum atomic E-state index is 12.0. The fourth-order valence-electron chi connectivity index (χ4n) is 1.18. The van der Waals surface area contributed by atoms with Crippen molar-refractivity contribution in [2.75, 3.05) is 0 Å². The third-order valence-corrected chi connectivity index (χ3v) is 3.05. The molecule has 17 heavy (non-hydrogen) atoms. The van der Waals surface area contributed by atoms with Crippen molar-refractivity contribution in [3.05, 3.63) is 21.4 Å². The first-order valence-electron chi connectivity index (χ1n) is 4.37. The quantitative estimate of drug-likeness (QED) is 0.880. The number of aromatic carboxylic acids is 2. The molecule has 0 saturated heterocycles. The summed E-state index contributed by atoms with van der Waals surface area (Å²) in [6, 6.07) is 0.974. The molecule has 2 N–H and O–H groups in total. The number of hydrogen-bond acceptors (Lipinski definition) is 3. The topological polar surface area (TPSA) is 74.6 Å². The molecule has 1 aromatic heterocycles. The van der Waals surface area contributed by atoms with E-state index in [0.29, 0.717) is 11.3 Å². The predicted molar refractivity (Wildman–Crippen MR) is 52.6 cm³/mol. The van der Waals surface area contributed by atoms with Crippen LogP contribution < -0.4 is 0 Å². The standard InChI is InChI=1S/C9H7F3O4S/c10-9(11,12)2-1-4-3-5(7(13)14)17-6(4)8(15)16/h3H,1-2H2,(H,13,14)(H,15,16). The Morgan fingerprint density at radius 2 is 1.82 bits per heavy atom. The Hall–Kier alpha value is -1.57. The molecule has 0 atom stereocenters. The van der Waals surface area contributed by atoms with Crippen molar-refractivity contribution in [3.8, 4) is 0 Å². The van der Waals surface area contributed by atoms with Crippen LogP contribution in [0.25, 0.3) is 0 Å². The monoisotopic (exact) mass is 268 g/mol. The number of carboxylic acids is 2. The van der Waals surface area contributed by atoms with Gasteiger partial charge in [0.2, 0.25) is 0 Å². The van der Waals surface area contributed by atoms with Crippen molar-refractivity contribution in [3.63, 3.8) is 0 Å². The second-order valence-electron chi connectivity index (χ2n) is 3.19. The molecule has 0 aliphatic heterocycles. The van der Waals surface area contributed by atoms with Gasteiger partial charge in [0.15, 0.2) is 0 Å². The average Bonchev–Trinajstić information content (AvgIpc) is 2.57. The van der Waals surface area contributed by atoms with Gasteiger partial charge in [0.25, 0.3) is 0 Å². The Morgan fingerprint density at radius 1 is 1.24 bits per heavy atom. The van der Waals surface area contributed by atoms with Crippen molar-refractivity contribution in [2.45, 2.75) is 19.0 Å². The number of hydrogen-bond donors (Lipinski definition) is 2. The van der Waals surface area contributed by atoms with Crippen LogP contribution in [0.15, 0.2) is 6.07 Å². The fraction of sp³-hybridized carbons (Fsp3) is 0.333. The van der Waals surface area contributed by atoms with E-state index in [2.05, 4.69) is 0 Å². The SMILES string of the molecule is O=C(O)c1cc(CCC(F)(F)F)c(C(=O)O)s1. The highest BCUT2D eigenvalue weighted by atomic mass is 32.1. The van der Waals surface area contributed by atoms with Gasteiger partial charge in [-0.3, -0.25) is 0 Å². The molecule has 0 bridgehead atoms. The number of halogens is 3. The van der Waals surface area contributed by atoms with E-state index in [4.69, 9.17) is 10.2 Å². The number of carbonyl (C=O) groups is 2. The van der Waals surface area contributed by atoms with Crippen molar-refractivity contribution < 1.29 is 33.0 Å². The summed E-state index contributed by atoms with van der Waals surface area (Å²) in [6.45, 7) is 0. The van der Waals surface area contributed by atoms with Crippen LogP contribution in [0.1, 0.15) is 31.3 Å². The highest BCUT2D eigenvalue weighted by Crippen LogP contribution is 2.28. The highest BCUT2D eigenvalue weighted by Gasteiger charge is 2.28. The summed E-state index contributed by atoms with van der Waals surface area (Å²) in [7, 11) is 0. The van der Waals surface area contributed by atoms with Gasteiger partial charge in [0.05, 0.1) is 0 Å². The van der Waals surface area contributed by atoms with E-state index in [1.807, 2.05) is 0 Å². The first-order valence-corrected chi connectivity index (χ1v) is 5.18. The number of thiophene rings is 1. The number of carboxylic acid groups (broad SMARTS) is 2. The van der Waals surface area contributed by atoms with Gasteiger partial charge in [0.1, 0.15) is 9.75 Å². The Bertz CT molecular complexity index is 450.